The van der Waals surface area contributed by atoms with Crippen molar-refractivity contribution in [2.24, 2.45) is 5.41 Å². The van der Waals surface area contributed by atoms with Crippen LogP contribution in [0, 0.1) is 5.41 Å². The molecule has 0 saturated carbocycles. The molecule has 7 heteroatoms. The first-order valence-corrected chi connectivity index (χ1v) is 9.11. The summed E-state index contributed by atoms with van der Waals surface area (Å²) in [6, 6.07) is 7.67. The van der Waals surface area contributed by atoms with Crippen molar-refractivity contribution in [1.82, 2.24) is 5.09 Å². The van der Waals surface area contributed by atoms with Gasteiger partial charge in [0, 0.05) is 11.2 Å². The Balaban J connectivity index is 2.54. The predicted molar refractivity (Wildman–Crippen MR) is 83.5 cm³/mol. The number of para-hydroxylation sites is 1. The smallest absolute Gasteiger partial charge is 0.409 e. The van der Waals surface area contributed by atoms with Crippen LogP contribution in [-0.4, -0.2) is 18.6 Å². The van der Waals surface area contributed by atoms with Crippen LogP contribution in [-0.2, 0) is 14.1 Å². The minimum atomic E-state index is -3.67. The molecule has 0 aliphatic heterocycles. The molecular weight excluding hydrogens is 313 g/mol. The van der Waals surface area contributed by atoms with Gasteiger partial charge in [0.15, 0.2) is 0 Å². The van der Waals surface area contributed by atoms with Gasteiger partial charge in [-0.15, -0.1) is 0 Å². The fourth-order valence-corrected chi connectivity index (χ4v) is 3.03. The van der Waals surface area contributed by atoms with Gasteiger partial charge in [-0.05, 0) is 24.5 Å². The second-order valence-electron chi connectivity index (χ2n) is 5.90. The number of carbonyl (C=O) groups is 1. The first kappa shape index (κ1) is 18.0. The molecule has 0 fully saturated rings. The molecule has 2 atom stereocenters. The number of hydrogen-bond donors (Lipinski definition) is 1. The molecule has 1 aromatic carbocycles. The summed E-state index contributed by atoms with van der Waals surface area (Å²) in [4.78, 5) is 11.8. The van der Waals surface area contributed by atoms with Crippen molar-refractivity contribution in [1.29, 1.82) is 0 Å². The van der Waals surface area contributed by atoms with Gasteiger partial charge in [-0.1, -0.05) is 39.0 Å². The van der Waals surface area contributed by atoms with Crippen LogP contribution in [0.3, 0.4) is 0 Å². The lowest BCUT2D eigenvalue weighted by Crippen LogP contribution is -2.34. The van der Waals surface area contributed by atoms with Crippen molar-refractivity contribution in [3.8, 4) is 5.75 Å². The molecule has 0 bridgehead atoms. The van der Waals surface area contributed by atoms with Gasteiger partial charge in [0.05, 0.1) is 6.61 Å². The third-order valence-corrected chi connectivity index (χ3v) is 3.96. The lowest BCUT2D eigenvalue weighted by Gasteiger charge is -2.21. The van der Waals surface area contributed by atoms with Crippen LogP contribution in [0.15, 0.2) is 30.3 Å². The Kier molecular flexibility index (Phi) is 6.26. The van der Waals surface area contributed by atoms with Gasteiger partial charge in [-0.2, -0.15) is 0 Å². The summed E-state index contributed by atoms with van der Waals surface area (Å²) in [7, 11) is 0. The van der Waals surface area contributed by atoms with E-state index in [0.717, 1.165) is 0 Å². The molecule has 1 unspecified atom stereocenters. The highest BCUT2D eigenvalue weighted by molar-refractivity contribution is 7.84. The Morgan fingerprint density at radius 3 is 2.43 bits per heavy atom. The van der Waals surface area contributed by atoms with E-state index < -0.39 is 18.9 Å². The second-order valence-corrected chi connectivity index (χ2v) is 8.64. The van der Waals surface area contributed by atoms with E-state index >= 15 is 0 Å². The van der Waals surface area contributed by atoms with E-state index in [-0.39, 0.29) is 12.0 Å². The molecule has 118 valence electrons. The highest BCUT2D eigenvalue weighted by atomic mass is 35.7. The highest BCUT2D eigenvalue weighted by Crippen LogP contribution is 2.48. The van der Waals surface area contributed by atoms with E-state index in [9.17, 15) is 9.36 Å². The lowest BCUT2D eigenvalue weighted by molar-refractivity contribution is -0.147. The molecule has 0 radical (unpaired) electrons. The molecule has 0 aromatic heterocycles. The van der Waals surface area contributed by atoms with Crippen molar-refractivity contribution in [3.63, 3.8) is 0 Å². The summed E-state index contributed by atoms with van der Waals surface area (Å²) in [5, 5.41) is 2.46. The summed E-state index contributed by atoms with van der Waals surface area (Å²) >= 11 is 5.81. The van der Waals surface area contributed by atoms with Crippen molar-refractivity contribution in [2.45, 2.75) is 33.7 Å². The number of hydrogen-bond acceptors (Lipinski definition) is 4. The zero-order valence-electron chi connectivity index (χ0n) is 12.6. The quantitative estimate of drug-likeness (QED) is 0.630. The Hall–Kier alpha value is -1.03. The van der Waals surface area contributed by atoms with Gasteiger partial charge < -0.3 is 9.26 Å². The number of halogens is 1. The number of carbonyl (C=O) groups excluding carboxylic acids is 1. The van der Waals surface area contributed by atoms with E-state index in [4.69, 9.17) is 20.5 Å². The largest absolute Gasteiger partial charge is 0.464 e. The predicted octanol–water partition coefficient (Wildman–Crippen LogP) is 3.98. The summed E-state index contributed by atoms with van der Waals surface area (Å²) in [6.45, 7) is 3.97. The maximum absolute atomic E-state index is 12.1. The minimum absolute atomic E-state index is 0.138. The summed E-state index contributed by atoms with van der Waals surface area (Å²) < 4.78 is 22.4. The van der Waals surface area contributed by atoms with Gasteiger partial charge >= 0.3 is 12.8 Å². The van der Waals surface area contributed by atoms with Gasteiger partial charge in [0.2, 0.25) is 0 Å². The first-order valence-electron chi connectivity index (χ1n) is 6.58. The third kappa shape index (κ3) is 7.51. The Morgan fingerprint density at radius 1 is 1.33 bits per heavy atom. The average Bonchev–Trinajstić information content (AvgIpc) is 2.35. The lowest BCUT2D eigenvalue weighted by atomic mass is 9.99. The number of esters is 1. The van der Waals surface area contributed by atoms with Crippen LogP contribution in [0.1, 0.15) is 27.7 Å². The molecule has 0 heterocycles. The molecule has 0 aliphatic carbocycles. The van der Waals surface area contributed by atoms with Crippen LogP contribution in [0.4, 0.5) is 0 Å². The first-order chi connectivity index (χ1) is 9.59. The van der Waals surface area contributed by atoms with Gasteiger partial charge in [-0.25, -0.2) is 9.65 Å². The normalized spacial score (nSPS) is 15.9. The highest BCUT2D eigenvalue weighted by Gasteiger charge is 2.28. The molecular formula is C14H21ClNO4P. The maximum atomic E-state index is 12.1. The second kappa shape index (κ2) is 7.30. The fraction of sp³-hybridized carbons (Fsp3) is 0.500. The molecule has 0 spiro atoms. The molecule has 0 saturated heterocycles. The molecule has 5 nitrogen and oxygen atoms in total. The zero-order chi connectivity index (χ0) is 16.1. The third-order valence-electron chi connectivity index (χ3n) is 2.31. The molecule has 0 amide bonds. The average molecular weight is 334 g/mol. The molecule has 21 heavy (non-hydrogen) atoms. The van der Waals surface area contributed by atoms with Crippen LogP contribution in [0.5, 0.6) is 5.75 Å². The van der Waals surface area contributed by atoms with Crippen LogP contribution < -0.4 is 9.61 Å². The number of benzene rings is 1. The van der Waals surface area contributed by atoms with E-state index in [1.54, 1.807) is 30.3 Å². The summed E-state index contributed by atoms with van der Waals surface area (Å²) in [6.07, 6.45) is 0. The van der Waals surface area contributed by atoms with Gasteiger partial charge in [0.25, 0.3) is 0 Å². The Bertz CT molecular complexity index is 515. The van der Waals surface area contributed by atoms with Crippen LogP contribution in [0.25, 0.3) is 0 Å². The summed E-state index contributed by atoms with van der Waals surface area (Å²) in [5.74, 6) is -0.166. The number of nitrogens with one attached hydrogen (secondary N) is 1. The number of ether oxygens (including phenoxy) is 1. The zero-order valence-corrected chi connectivity index (χ0v) is 14.3. The van der Waals surface area contributed by atoms with E-state index in [1.165, 1.54) is 6.92 Å². The summed E-state index contributed by atoms with van der Waals surface area (Å²) in [5.41, 5.74) is -0.138. The van der Waals surface area contributed by atoms with Crippen LogP contribution >= 0.6 is 18.1 Å². The number of rotatable bonds is 6. The van der Waals surface area contributed by atoms with Crippen LogP contribution in [0.2, 0.25) is 0 Å². The van der Waals surface area contributed by atoms with Gasteiger partial charge in [-0.3, -0.25) is 4.79 Å². The van der Waals surface area contributed by atoms with Crippen molar-refractivity contribution < 1.29 is 18.6 Å². The molecule has 1 N–H and O–H groups in total. The monoisotopic (exact) mass is 333 g/mol. The van der Waals surface area contributed by atoms with Crippen molar-refractivity contribution in [3.05, 3.63) is 30.3 Å². The topological polar surface area (TPSA) is 64.6 Å². The van der Waals surface area contributed by atoms with E-state index in [1.807, 2.05) is 20.8 Å². The van der Waals surface area contributed by atoms with E-state index in [2.05, 4.69) is 5.09 Å². The molecule has 1 rings (SSSR count). The SMILES string of the molecule is C[C@H](NP(=O)(Cl)Oc1ccccc1)C(=O)OCC(C)(C)C. The maximum Gasteiger partial charge on any atom is 0.409 e. The Labute approximate surface area is 130 Å². The fourth-order valence-electron chi connectivity index (χ4n) is 1.34. The van der Waals surface area contributed by atoms with Crippen molar-refractivity contribution in [2.75, 3.05) is 6.61 Å². The van der Waals surface area contributed by atoms with Gasteiger partial charge in [0.1, 0.15) is 11.8 Å². The van der Waals surface area contributed by atoms with Crippen molar-refractivity contribution >= 4 is 24.1 Å². The molecule has 0 aliphatic rings. The minimum Gasteiger partial charge on any atom is -0.464 e. The standard InChI is InChI=1S/C14H21ClNO4P/c1-11(13(17)19-10-14(2,3)4)16-21(15,18)20-12-8-6-5-7-9-12/h5-9,11H,10H2,1-4H3,(H,16,18)/t11-,21?/m0/s1. The van der Waals surface area contributed by atoms with E-state index in [0.29, 0.717) is 5.75 Å². The Morgan fingerprint density at radius 2 is 1.90 bits per heavy atom. The molecule has 1 aromatic rings.